The van der Waals surface area contributed by atoms with Crippen LogP contribution >= 0.6 is 0 Å². The Morgan fingerprint density at radius 1 is 1.10 bits per heavy atom. The molecule has 1 fully saturated rings. The largest absolute Gasteiger partial charge is 0.399 e. The van der Waals surface area contributed by atoms with Gasteiger partial charge in [0, 0.05) is 31.0 Å². The van der Waals surface area contributed by atoms with Gasteiger partial charge < -0.3 is 15.5 Å². The molecule has 1 saturated heterocycles. The summed E-state index contributed by atoms with van der Waals surface area (Å²) in [5.41, 5.74) is 9.08. The minimum absolute atomic E-state index is 0.275. The number of nitrogen functional groups attached to an aromatic ring is 1. The van der Waals surface area contributed by atoms with E-state index in [2.05, 4.69) is 4.90 Å². The van der Waals surface area contributed by atoms with Gasteiger partial charge in [0.1, 0.15) is 0 Å². The van der Waals surface area contributed by atoms with E-state index in [0.29, 0.717) is 6.54 Å². The lowest BCUT2D eigenvalue weighted by Crippen LogP contribution is -2.40. The summed E-state index contributed by atoms with van der Waals surface area (Å²) in [7, 11) is 0. The lowest BCUT2D eigenvalue weighted by Gasteiger charge is -2.25. The maximum Gasteiger partial charge on any atom is 0.242 e. The zero-order chi connectivity index (χ0) is 13.9. The summed E-state index contributed by atoms with van der Waals surface area (Å²) in [6, 6.07) is 6.01. The van der Waals surface area contributed by atoms with Crippen LogP contribution in [-0.4, -0.2) is 37.0 Å². The van der Waals surface area contributed by atoms with Crippen molar-refractivity contribution in [2.45, 2.75) is 32.1 Å². The van der Waals surface area contributed by atoms with Gasteiger partial charge in [-0.25, -0.2) is 0 Å². The van der Waals surface area contributed by atoms with Crippen LogP contribution in [0.4, 0.5) is 11.4 Å². The van der Waals surface area contributed by atoms with E-state index in [1.165, 1.54) is 24.1 Å². The third-order valence-electron chi connectivity index (χ3n) is 4.38. The predicted molar refractivity (Wildman–Crippen MR) is 81.8 cm³/mol. The summed E-state index contributed by atoms with van der Waals surface area (Å²) in [6.07, 6.45) is 5.82. The molecule has 0 atom stereocenters. The van der Waals surface area contributed by atoms with Crippen LogP contribution in [0.5, 0.6) is 0 Å². The van der Waals surface area contributed by atoms with Crippen molar-refractivity contribution in [3.05, 3.63) is 23.8 Å². The second-order valence-electron chi connectivity index (χ2n) is 5.85. The molecule has 2 aliphatic rings. The fraction of sp³-hybridized carbons (Fsp3) is 0.562. The maximum absolute atomic E-state index is 12.4. The molecule has 0 saturated carbocycles. The van der Waals surface area contributed by atoms with Crippen LogP contribution in [-0.2, 0) is 11.2 Å². The maximum atomic E-state index is 12.4. The topological polar surface area (TPSA) is 49.6 Å². The molecule has 4 heteroatoms. The molecule has 0 aliphatic carbocycles. The van der Waals surface area contributed by atoms with Crippen LogP contribution in [0.3, 0.4) is 0 Å². The van der Waals surface area contributed by atoms with Gasteiger partial charge in [-0.3, -0.25) is 4.79 Å². The molecule has 2 aliphatic heterocycles. The number of benzene rings is 1. The number of carbonyl (C=O) groups is 1. The molecule has 2 N–H and O–H groups in total. The Morgan fingerprint density at radius 3 is 2.60 bits per heavy atom. The average molecular weight is 273 g/mol. The highest BCUT2D eigenvalue weighted by atomic mass is 16.2. The molecule has 2 heterocycles. The van der Waals surface area contributed by atoms with E-state index < -0.39 is 0 Å². The molecule has 0 bridgehead atoms. The Morgan fingerprint density at radius 2 is 1.85 bits per heavy atom. The van der Waals surface area contributed by atoms with Crippen LogP contribution in [0.2, 0.25) is 0 Å². The summed E-state index contributed by atoms with van der Waals surface area (Å²) in [5, 5.41) is 0. The number of nitrogens with two attached hydrogens (primary N) is 1. The number of hydrogen-bond donors (Lipinski definition) is 1. The van der Waals surface area contributed by atoms with Crippen molar-refractivity contribution in [3.63, 3.8) is 0 Å². The highest BCUT2D eigenvalue weighted by molar-refractivity contribution is 5.82. The van der Waals surface area contributed by atoms with Crippen molar-refractivity contribution >= 4 is 17.3 Å². The summed E-state index contributed by atoms with van der Waals surface area (Å²) < 4.78 is 0. The highest BCUT2D eigenvalue weighted by Gasteiger charge is 2.24. The zero-order valence-electron chi connectivity index (χ0n) is 12.0. The average Bonchev–Trinajstić information content (AvgIpc) is 2.66. The van der Waals surface area contributed by atoms with E-state index in [9.17, 15) is 4.79 Å². The second-order valence-corrected chi connectivity index (χ2v) is 5.85. The van der Waals surface area contributed by atoms with Crippen LogP contribution in [0.15, 0.2) is 18.2 Å². The fourth-order valence-corrected chi connectivity index (χ4v) is 3.24. The van der Waals surface area contributed by atoms with Crippen molar-refractivity contribution in [3.8, 4) is 0 Å². The minimum atomic E-state index is 0.275. The third kappa shape index (κ3) is 2.74. The van der Waals surface area contributed by atoms with Crippen molar-refractivity contribution in [1.82, 2.24) is 4.90 Å². The number of anilines is 2. The standard InChI is InChI=1S/C16H23N3O/c17-14-5-6-15-13(11-14)7-10-19(15)12-16(20)18-8-3-1-2-4-9-18/h5-6,11H,1-4,7-10,12,17H2. The molecule has 0 unspecified atom stereocenters. The SMILES string of the molecule is Nc1ccc2c(c1)CCN2CC(=O)N1CCCCCC1. The third-order valence-corrected chi connectivity index (χ3v) is 4.38. The van der Waals surface area contributed by atoms with Gasteiger partial charge in [0.15, 0.2) is 0 Å². The second kappa shape index (κ2) is 5.73. The molecular formula is C16H23N3O. The minimum Gasteiger partial charge on any atom is -0.399 e. The smallest absolute Gasteiger partial charge is 0.242 e. The molecule has 20 heavy (non-hydrogen) atoms. The van der Waals surface area contributed by atoms with E-state index in [4.69, 9.17) is 5.73 Å². The van der Waals surface area contributed by atoms with Crippen molar-refractivity contribution in [2.75, 3.05) is 36.8 Å². The van der Waals surface area contributed by atoms with Gasteiger partial charge in [-0.05, 0) is 43.0 Å². The first-order chi connectivity index (χ1) is 9.74. The first-order valence-electron chi connectivity index (χ1n) is 7.65. The van der Waals surface area contributed by atoms with Gasteiger partial charge in [0.2, 0.25) is 5.91 Å². The Hall–Kier alpha value is -1.71. The molecule has 0 radical (unpaired) electrons. The number of rotatable bonds is 2. The first-order valence-corrected chi connectivity index (χ1v) is 7.65. The van der Waals surface area contributed by atoms with E-state index in [-0.39, 0.29) is 5.91 Å². The quantitative estimate of drug-likeness (QED) is 0.839. The van der Waals surface area contributed by atoms with E-state index in [1.54, 1.807) is 0 Å². The van der Waals surface area contributed by atoms with E-state index >= 15 is 0 Å². The molecule has 4 nitrogen and oxygen atoms in total. The molecule has 3 rings (SSSR count). The Balaban J connectivity index is 1.66. The number of likely N-dealkylation sites (tertiary alicyclic amines) is 1. The van der Waals surface area contributed by atoms with Gasteiger partial charge in [-0.2, -0.15) is 0 Å². The fourth-order valence-electron chi connectivity index (χ4n) is 3.24. The molecule has 108 valence electrons. The van der Waals surface area contributed by atoms with Crippen LogP contribution in [0.1, 0.15) is 31.2 Å². The number of nitrogens with zero attached hydrogens (tertiary/aromatic N) is 2. The Bertz CT molecular complexity index is 492. The Kier molecular flexibility index (Phi) is 3.81. The molecule has 1 aromatic rings. The lowest BCUT2D eigenvalue weighted by atomic mass is 10.1. The van der Waals surface area contributed by atoms with Crippen molar-refractivity contribution in [1.29, 1.82) is 0 Å². The number of fused-ring (bicyclic) bond motifs is 1. The molecular weight excluding hydrogens is 250 g/mol. The van der Waals surface area contributed by atoms with Crippen LogP contribution in [0.25, 0.3) is 0 Å². The number of hydrogen-bond acceptors (Lipinski definition) is 3. The normalized spacial score (nSPS) is 18.8. The van der Waals surface area contributed by atoms with Crippen LogP contribution < -0.4 is 10.6 Å². The van der Waals surface area contributed by atoms with E-state index in [1.807, 2.05) is 23.1 Å². The number of carbonyl (C=O) groups excluding carboxylic acids is 1. The van der Waals surface area contributed by atoms with Gasteiger partial charge in [-0.15, -0.1) is 0 Å². The first kappa shape index (κ1) is 13.3. The summed E-state index contributed by atoms with van der Waals surface area (Å²) in [5.74, 6) is 0.275. The zero-order valence-corrected chi connectivity index (χ0v) is 12.0. The molecule has 1 aromatic carbocycles. The van der Waals surface area contributed by atoms with Gasteiger partial charge >= 0.3 is 0 Å². The summed E-state index contributed by atoms with van der Waals surface area (Å²) in [4.78, 5) is 16.7. The number of amides is 1. The van der Waals surface area contributed by atoms with Crippen molar-refractivity contribution < 1.29 is 4.79 Å². The lowest BCUT2D eigenvalue weighted by molar-refractivity contribution is -0.129. The van der Waals surface area contributed by atoms with Gasteiger partial charge in [0.25, 0.3) is 0 Å². The van der Waals surface area contributed by atoms with Gasteiger partial charge in [0.05, 0.1) is 6.54 Å². The van der Waals surface area contributed by atoms with Crippen LogP contribution in [0, 0.1) is 0 Å². The summed E-state index contributed by atoms with van der Waals surface area (Å²) >= 11 is 0. The molecule has 1 amide bonds. The Labute approximate surface area is 120 Å². The monoisotopic (exact) mass is 273 g/mol. The molecule has 0 aromatic heterocycles. The summed E-state index contributed by atoms with van der Waals surface area (Å²) in [6.45, 7) is 3.30. The van der Waals surface area contributed by atoms with Gasteiger partial charge in [-0.1, -0.05) is 12.8 Å². The predicted octanol–water partition coefficient (Wildman–Crippen LogP) is 2.03. The van der Waals surface area contributed by atoms with Crippen molar-refractivity contribution in [2.24, 2.45) is 0 Å². The highest BCUT2D eigenvalue weighted by Crippen LogP contribution is 2.29. The van der Waals surface area contributed by atoms with E-state index in [0.717, 1.165) is 44.6 Å². The molecule has 0 spiro atoms.